The van der Waals surface area contributed by atoms with E-state index in [1.807, 2.05) is 55.9 Å². The molecule has 1 unspecified atom stereocenters. The quantitative estimate of drug-likeness (QED) is 0.236. The Kier molecular flexibility index (Phi) is 6.74. The molecule has 4 aromatic rings. The number of halogens is 1. The van der Waals surface area contributed by atoms with Crippen LogP contribution in [0.2, 0.25) is 0 Å². The summed E-state index contributed by atoms with van der Waals surface area (Å²) in [6.07, 6.45) is 4.83. The average molecular weight is 601 g/mol. The number of hydrogen-bond acceptors (Lipinski definition) is 7. The highest BCUT2D eigenvalue weighted by atomic mass is 79.9. The molecule has 0 aliphatic carbocycles. The molecule has 2 aliphatic heterocycles. The number of benzene rings is 2. The molecule has 38 heavy (non-hydrogen) atoms. The number of fused-ring (bicyclic) bond motifs is 3. The second kappa shape index (κ2) is 10.1. The monoisotopic (exact) mass is 599 g/mol. The zero-order valence-corrected chi connectivity index (χ0v) is 24.0. The SMILES string of the molecule is CC(C)(C)OC(=O)N1CC(Oc2ccc(Oc3c(Br)sc4c3ccc3c4cnn3C3CCCCO3)cc2)C1. The minimum Gasteiger partial charge on any atom is -0.487 e. The maximum Gasteiger partial charge on any atom is 0.410 e. The van der Waals surface area contributed by atoms with E-state index in [-0.39, 0.29) is 18.4 Å². The standard InChI is InChI=1S/C28H30BrN3O5S/c1-28(2,3)37-27(33)31-15-19(16-31)35-17-7-9-18(10-8-17)36-24-20-11-12-22-21(25(20)38-26(24)29)14-30-32(22)23-6-4-5-13-34-23/h7-12,14,19,23H,4-6,13,15-16H2,1-3H3. The van der Waals surface area contributed by atoms with Crippen molar-refractivity contribution in [2.75, 3.05) is 19.7 Å². The molecule has 10 heteroatoms. The van der Waals surface area contributed by atoms with Crippen LogP contribution >= 0.6 is 27.3 Å². The molecule has 0 saturated carbocycles. The predicted octanol–water partition coefficient (Wildman–Crippen LogP) is 7.50. The summed E-state index contributed by atoms with van der Waals surface area (Å²) < 4.78 is 27.8. The molecule has 4 heterocycles. The van der Waals surface area contributed by atoms with Crippen LogP contribution in [0.4, 0.5) is 4.79 Å². The molecule has 200 valence electrons. The summed E-state index contributed by atoms with van der Waals surface area (Å²) in [5.41, 5.74) is 0.576. The maximum atomic E-state index is 12.1. The van der Waals surface area contributed by atoms with E-state index in [4.69, 9.17) is 18.9 Å². The Hall–Kier alpha value is -2.82. The van der Waals surface area contributed by atoms with Gasteiger partial charge in [-0.3, -0.25) is 0 Å². The maximum absolute atomic E-state index is 12.1. The first-order valence-corrected chi connectivity index (χ1v) is 14.5. The highest BCUT2D eigenvalue weighted by molar-refractivity contribution is 9.11. The first-order chi connectivity index (χ1) is 18.2. The minimum absolute atomic E-state index is 0.00104. The first kappa shape index (κ1) is 25.5. The molecule has 2 saturated heterocycles. The lowest BCUT2D eigenvalue weighted by molar-refractivity contribution is -0.0366. The summed E-state index contributed by atoms with van der Waals surface area (Å²) in [5, 5.41) is 6.80. The zero-order valence-electron chi connectivity index (χ0n) is 21.6. The van der Waals surface area contributed by atoms with Crippen molar-refractivity contribution in [1.82, 2.24) is 14.7 Å². The van der Waals surface area contributed by atoms with Gasteiger partial charge in [0.25, 0.3) is 0 Å². The van der Waals surface area contributed by atoms with Gasteiger partial charge in [-0.2, -0.15) is 5.10 Å². The smallest absolute Gasteiger partial charge is 0.410 e. The van der Waals surface area contributed by atoms with Crippen LogP contribution in [0.5, 0.6) is 17.2 Å². The van der Waals surface area contributed by atoms with Crippen molar-refractivity contribution in [3.8, 4) is 17.2 Å². The number of ether oxygens (including phenoxy) is 4. The van der Waals surface area contributed by atoms with Crippen LogP contribution in [0.15, 0.2) is 46.4 Å². The number of thiophene rings is 1. The van der Waals surface area contributed by atoms with Gasteiger partial charge in [0, 0.05) is 17.4 Å². The van der Waals surface area contributed by atoms with E-state index in [1.165, 1.54) is 0 Å². The van der Waals surface area contributed by atoms with E-state index < -0.39 is 5.60 Å². The van der Waals surface area contributed by atoms with Gasteiger partial charge >= 0.3 is 6.09 Å². The number of aromatic nitrogens is 2. The van der Waals surface area contributed by atoms with Crippen LogP contribution in [0, 0.1) is 0 Å². The second-order valence-electron chi connectivity index (χ2n) is 10.7. The van der Waals surface area contributed by atoms with Gasteiger partial charge in [-0.1, -0.05) is 0 Å². The Labute approximate surface area is 233 Å². The summed E-state index contributed by atoms with van der Waals surface area (Å²) in [5.74, 6) is 2.24. The number of amides is 1. The third-order valence-corrected chi connectivity index (χ3v) is 8.47. The topological polar surface area (TPSA) is 75.0 Å². The lowest BCUT2D eigenvalue weighted by Gasteiger charge is -2.39. The van der Waals surface area contributed by atoms with Crippen LogP contribution in [0.1, 0.15) is 46.3 Å². The van der Waals surface area contributed by atoms with E-state index in [0.29, 0.717) is 18.8 Å². The fraction of sp³-hybridized carbons (Fsp3) is 0.429. The lowest BCUT2D eigenvalue weighted by atomic mass is 10.1. The second-order valence-corrected chi connectivity index (χ2v) is 13.0. The summed E-state index contributed by atoms with van der Waals surface area (Å²) in [6, 6.07) is 11.8. The van der Waals surface area contributed by atoms with Crippen molar-refractivity contribution in [3.05, 3.63) is 46.4 Å². The van der Waals surface area contributed by atoms with Crippen molar-refractivity contribution in [2.45, 2.75) is 58.0 Å². The molecule has 6 rings (SSSR count). The van der Waals surface area contributed by atoms with E-state index >= 15 is 0 Å². The van der Waals surface area contributed by atoms with Crippen molar-refractivity contribution >= 4 is 54.3 Å². The largest absolute Gasteiger partial charge is 0.487 e. The molecule has 2 aromatic carbocycles. The van der Waals surface area contributed by atoms with Crippen LogP contribution < -0.4 is 9.47 Å². The number of rotatable bonds is 5. The molecule has 0 radical (unpaired) electrons. The third-order valence-electron chi connectivity index (χ3n) is 6.62. The average Bonchev–Trinajstić information content (AvgIpc) is 3.42. The summed E-state index contributed by atoms with van der Waals surface area (Å²) in [7, 11) is 0. The van der Waals surface area contributed by atoms with E-state index in [9.17, 15) is 4.79 Å². The fourth-order valence-corrected chi connectivity index (χ4v) is 6.49. The van der Waals surface area contributed by atoms with E-state index in [0.717, 1.165) is 62.1 Å². The fourth-order valence-electron chi connectivity index (χ4n) is 4.75. The molecule has 0 N–H and O–H groups in total. The Morgan fingerprint density at radius 2 is 1.84 bits per heavy atom. The molecule has 2 aliphatic rings. The number of likely N-dealkylation sites (tertiary alicyclic amines) is 1. The molecular weight excluding hydrogens is 570 g/mol. The van der Waals surface area contributed by atoms with Gasteiger partial charge in [-0.25, -0.2) is 9.48 Å². The molecular formula is C28H30BrN3O5S. The van der Waals surface area contributed by atoms with Crippen molar-refractivity contribution in [3.63, 3.8) is 0 Å². The van der Waals surface area contributed by atoms with Crippen LogP contribution in [-0.2, 0) is 9.47 Å². The van der Waals surface area contributed by atoms with Gasteiger partial charge in [0.05, 0.1) is 29.5 Å². The van der Waals surface area contributed by atoms with Crippen molar-refractivity contribution in [2.24, 2.45) is 0 Å². The molecule has 2 fully saturated rings. The molecule has 0 spiro atoms. The molecule has 1 amide bonds. The Morgan fingerprint density at radius 3 is 2.55 bits per heavy atom. The minimum atomic E-state index is -0.500. The normalized spacial score (nSPS) is 18.5. The Balaban J connectivity index is 1.13. The molecule has 1 atom stereocenters. The first-order valence-electron chi connectivity index (χ1n) is 12.9. The summed E-state index contributed by atoms with van der Waals surface area (Å²) >= 11 is 5.36. The molecule has 2 aromatic heterocycles. The van der Waals surface area contributed by atoms with Crippen LogP contribution in [-0.4, -0.2) is 52.2 Å². The van der Waals surface area contributed by atoms with Gasteiger partial charge in [0.1, 0.15) is 27.0 Å². The van der Waals surface area contributed by atoms with Gasteiger partial charge in [-0.05, 0) is 92.4 Å². The Bertz CT molecular complexity index is 1460. The van der Waals surface area contributed by atoms with Crippen molar-refractivity contribution in [1.29, 1.82) is 0 Å². The Morgan fingerprint density at radius 1 is 1.08 bits per heavy atom. The third kappa shape index (κ3) is 5.09. The number of carbonyl (C=O) groups excluding carboxylic acids is 1. The number of nitrogens with zero attached hydrogens (tertiary/aromatic N) is 3. The van der Waals surface area contributed by atoms with E-state index in [1.54, 1.807) is 16.2 Å². The van der Waals surface area contributed by atoms with E-state index in [2.05, 4.69) is 33.2 Å². The van der Waals surface area contributed by atoms with Crippen molar-refractivity contribution < 1.29 is 23.7 Å². The van der Waals surface area contributed by atoms with Crippen LogP contribution in [0.3, 0.4) is 0 Å². The van der Waals surface area contributed by atoms with Gasteiger partial charge in [0.15, 0.2) is 12.0 Å². The van der Waals surface area contributed by atoms with Crippen LogP contribution in [0.25, 0.3) is 21.0 Å². The zero-order chi connectivity index (χ0) is 26.4. The highest BCUT2D eigenvalue weighted by Crippen LogP contribution is 2.46. The lowest BCUT2D eigenvalue weighted by Crippen LogP contribution is -2.57. The molecule has 8 nitrogen and oxygen atoms in total. The van der Waals surface area contributed by atoms with Gasteiger partial charge < -0.3 is 23.8 Å². The summed E-state index contributed by atoms with van der Waals surface area (Å²) in [6.45, 7) is 7.40. The predicted molar refractivity (Wildman–Crippen MR) is 150 cm³/mol. The summed E-state index contributed by atoms with van der Waals surface area (Å²) in [4.78, 5) is 13.8. The number of hydrogen-bond donors (Lipinski definition) is 0. The highest BCUT2D eigenvalue weighted by Gasteiger charge is 2.35. The molecule has 0 bridgehead atoms. The van der Waals surface area contributed by atoms with Gasteiger partial charge in [-0.15, -0.1) is 11.3 Å². The van der Waals surface area contributed by atoms with Gasteiger partial charge in [0.2, 0.25) is 0 Å². The number of carbonyl (C=O) groups is 1.